The molecule has 1 aromatic heterocycles. The normalized spacial score (nSPS) is 19.6. The van der Waals surface area contributed by atoms with Gasteiger partial charge >= 0.3 is 5.97 Å². The third-order valence-corrected chi connectivity index (χ3v) is 12.8. The minimum atomic E-state index is -1.33. The molecule has 2 saturated heterocycles. The molecule has 63 heavy (non-hydrogen) atoms. The zero-order valence-electron chi connectivity index (χ0n) is 34.7. The summed E-state index contributed by atoms with van der Waals surface area (Å²) in [6, 6.07) is 35.6. The molecular formula is C46H45FN7O7S2+. The number of carbonyl (C=O) groups is 3. The van der Waals surface area contributed by atoms with Crippen LogP contribution in [0.3, 0.4) is 0 Å². The summed E-state index contributed by atoms with van der Waals surface area (Å²) in [5, 5.41) is 9.75. The van der Waals surface area contributed by atoms with Gasteiger partial charge in [-0.3, -0.25) is 14.5 Å². The molecule has 0 radical (unpaired) electrons. The number of anilines is 1. The third-order valence-electron chi connectivity index (χ3n) is 10.9. The molecule has 324 valence electrons. The lowest BCUT2D eigenvalue weighted by Crippen LogP contribution is -2.71. The number of methoxy groups -OCH3 is 1. The van der Waals surface area contributed by atoms with E-state index in [-0.39, 0.29) is 24.2 Å². The number of β-lactam (4-membered cyclic amide) rings is 1. The molecular weight excluding hydrogens is 846 g/mol. The molecule has 0 spiro atoms. The second-order valence-electron chi connectivity index (χ2n) is 15.3. The van der Waals surface area contributed by atoms with Gasteiger partial charge in [0, 0.05) is 23.7 Å². The van der Waals surface area contributed by atoms with Crippen LogP contribution in [0.5, 0.6) is 5.75 Å². The number of benzene rings is 4. The van der Waals surface area contributed by atoms with Crippen LogP contribution in [-0.2, 0) is 40.9 Å². The summed E-state index contributed by atoms with van der Waals surface area (Å²) >= 11 is 2.35. The number of quaternary nitrogens is 1. The van der Waals surface area contributed by atoms with Gasteiger partial charge in [-0.25, -0.2) is 9.18 Å². The number of alkyl halides is 1. The van der Waals surface area contributed by atoms with Crippen molar-refractivity contribution in [1.82, 2.24) is 19.6 Å². The van der Waals surface area contributed by atoms with E-state index in [1.165, 1.54) is 16.7 Å². The van der Waals surface area contributed by atoms with Crippen LogP contribution in [0.25, 0.3) is 0 Å². The number of rotatable bonds is 16. The Labute approximate surface area is 372 Å². The number of ether oxygens (including phenoxy) is 2. The highest BCUT2D eigenvalue weighted by atomic mass is 32.2. The number of nitrogens with zero attached hydrogens (tertiary/aromatic N) is 5. The second-order valence-corrected chi connectivity index (χ2v) is 17.2. The minimum Gasteiger partial charge on any atom is -0.497 e. The number of esters is 1. The lowest BCUT2D eigenvalue weighted by molar-refractivity contribution is -1.06. The van der Waals surface area contributed by atoms with Crippen molar-refractivity contribution in [2.45, 2.75) is 36.1 Å². The van der Waals surface area contributed by atoms with Gasteiger partial charge in [-0.05, 0) is 46.0 Å². The van der Waals surface area contributed by atoms with E-state index in [2.05, 4.69) is 25.1 Å². The fourth-order valence-electron chi connectivity index (χ4n) is 7.76. The predicted octanol–water partition coefficient (Wildman–Crippen LogP) is 6.33. The molecule has 1 unspecified atom stereocenters. The van der Waals surface area contributed by atoms with Gasteiger partial charge in [0.1, 0.15) is 47.7 Å². The van der Waals surface area contributed by atoms with Crippen LogP contribution in [0.2, 0.25) is 0 Å². The van der Waals surface area contributed by atoms with Gasteiger partial charge in [0.2, 0.25) is 16.7 Å². The first-order chi connectivity index (χ1) is 30.6. The summed E-state index contributed by atoms with van der Waals surface area (Å²) in [5.74, 6) is -1.27. The molecule has 0 aliphatic carbocycles. The second kappa shape index (κ2) is 18.9. The Hall–Kier alpha value is -6.40. The molecule has 4 aromatic carbocycles. The van der Waals surface area contributed by atoms with Gasteiger partial charge in [0.15, 0.2) is 0 Å². The number of hydrogen-bond donors (Lipinski definition) is 2. The number of oxime groups is 1. The Morgan fingerprint density at radius 2 is 1.60 bits per heavy atom. The van der Waals surface area contributed by atoms with E-state index in [9.17, 15) is 18.8 Å². The van der Waals surface area contributed by atoms with E-state index in [1.54, 1.807) is 31.4 Å². The van der Waals surface area contributed by atoms with Crippen molar-refractivity contribution in [2.24, 2.45) is 5.16 Å². The molecule has 14 nitrogen and oxygen atoms in total. The first kappa shape index (κ1) is 43.3. The number of fused-ring (bicyclic) bond motifs is 1. The minimum absolute atomic E-state index is 0.0459. The number of nitrogens with one attached hydrogen (secondary N) is 2. The number of aromatic nitrogens is 2. The van der Waals surface area contributed by atoms with Crippen molar-refractivity contribution in [3.05, 3.63) is 167 Å². The third kappa shape index (κ3) is 9.22. The van der Waals surface area contributed by atoms with Crippen LogP contribution in [0, 0.1) is 0 Å². The molecule has 17 heteroatoms. The number of halogens is 1. The highest BCUT2D eigenvalue weighted by Crippen LogP contribution is 2.42. The summed E-state index contributed by atoms with van der Waals surface area (Å²) in [7, 11) is 5.50. The molecule has 3 aliphatic rings. The van der Waals surface area contributed by atoms with E-state index in [0.717, 1.165) is 46.8 Å². The van der Waals surface area contributed by atoms with Gasteiger partial charge in [0.05, 0.1) is 21.2 Å². The average molecular weight is 891 g/mol. The molecule has 5 aromatic rings. The van der Waals surface area contributed by atoms with Crippen molar-refractivity contribution in [3.63, 3.8) is 0 Å². The summed E-state index contributed by atoms with van der Waals surface area (Å²) in [6.45, 7) is -0.555. The first-order valence-electron chi connectivity index (χ1n) is 20.1. The summed E-state index contributed by atoms with van der Waals surface area (Å²) in [5.41, 5.74) is 2.73. The Morgan fingerprint density at radius 1 is 0.968 bits per heavy atom. The summed E-state index contributed by atoms with van der Waals surface area (Å²) in [4.78, 5) is 58.8. The molecule has 2 fully saturated rings. The number of hydroxylamine groups is 3. The zero-order valence-corrected chi connectivity index (χ0v) is 36.3. The van der Waals surface area contributed by atoms with Crippen molar-refractivity contribution >= 4 is 51.9 Å². The molecule has 0 saturated carbocycles. The van der Waals surface area contributed by atoms with Crippen molar-refractivity contribution in [1.29, 1.82) is 0 Å². The predicted molar refractivity (Wildman–Crippen MR) is 237 cm³/mol. The molecule has 3 aliphatic heterocycles. The highest BCUT2D eigenvalue weighted by Gasteiger charge is 2.55. The van der Waals surface area contributed by atoms with E-state index >= 15 is 0 Å². The van der Waals surface area contributed by atoms with Crippen molar-refractivity contribution in [2.75, 3.05) is 45.7 Å². The van der Waals surface area contributed by atoms with Crippen LogP contribution in [0.15, 0.2) is 144 Å². The SMILES string of the molecule is COc1ccc(COC(=O)C2=C(/C=C/C3CC[N+](C)(C)O3)CS[C@@H]3[C@H](NC(=O)/C(=N\OCF)c4nsc(NC(c5ccccc5)(c5ccccc5)c5ccccc5)n4)C(=O)N23)cc1. The van der Waals surface area contributed by atoms with Gasteiger partial charge in [0.25, 0.3) is 18.7 Å². The quantitative estimate of drug-likeness (QED) is 0.0286. The molecule has 3 atom stereocenters. The van der Waals surface area contributed by atoms with Gasteiger partial charge in [-0.1, -0.05) is 114 Å². The van der Waals surface area contributed by atoms with Gasteiger partial charge in [-0.2, -0.15) is 18.8 Å². The number of carbonyl (C=O) groups excluding carboxylic acids is 3. The fraction of sp³-hybridized carbons (Fsp3) is 0.261. The number of thioether (sulfide) groups is 1. The molecule has 0 bridgehead atoms. The van der Waals surface area contributed by atoms with Gasteiger partial charge in [-0.15, -0.1) is 11.8 Å². The maximum Gasteiger partial charge on any atom is 0.355 e. The lowest BCUT2D eigenvalue weighted by Gasteiger charge is -2.49. The average Bonchev–Trinajstić information content (AvgIpc) is 3.93. The van der Waals surface area contributed by atoms with Crippen molar-refractivity contribution in [3.8, 4) is 5.75 Å². The summed E-state index contributed by atoms with van der Waals surface area (Å²) in [6.07, 6.45) is 4.31. The zero-order chi connectivity index (χ0) is 44.0. The monoisotopic (exact) mass is 890 g/mol. The van der Waals surface area contributed by atoms with E-state index < -0.39 is 47.3 Å². The largest absolute Gasteiger partial charge is 0.497 e. The van der Waals surface area contributed by atoms with Crippen LogP contribution < -0.4 is 15.4 Å². The van der Waals surface area contributed by atoms with Crippen molar-refractivity contribution < 1.29 is 42.6 Å². The van der Waals surface area contributed by atoms with Crippen LogP contribution in [-0.4, -0.2) is 100 Å². The van der Waals surface area contributed by atoms with E-state index in [1.807, 2.05) is 117 Å². The fourth-order valence-corrected chi connectivity index (χ4v) is 9.70. The smallest absolute Gasteiger partial charge is 0.355 e. The molecule has 8 rings (SSSR count). The topological polar surface area (TPSA) is 154 Å². The number of hydrogen-bond acceptors (Lipinski definition) is 13. The standard InChI is InChI=1S/C46H44FN7O7S2/c1-54(2)26-25-36(61-54)24-21-31-28-62-43-38(42(56)53(43)39(31)44(57)59-27-30-19-22-35(58-3)23-20-30)48-41(55)37(51-60-29-47)40-49-45(63-52-40)50-46(32-13-7-4-8-14-32,33-15-9-5-10-16-33)34-17-11-6-12-18-34/h4-24,36,38,43H,25-29H2,1-3H3,(H-,48,49,50,52,55)/p+1/b24-21+,51-37-/t36?,38-,43-/m1/s1. The molecule has 2 amide bonds. The Bertz CT molecular complexity index is 2430. The Morgan fingerprint density at radius 3 is 2.17 bits per heavy atom. The lowest BCUT2D eigenvalue weighted by atomic mass is 9.77. The Balaban J connectivity index is 1.04. The van der Waals surface area contributed by atoms with Crippen LogP contribution in [0.1, 0.15) is 34.5 Å². The maximum absolute atomic E-state index is 14.1. The van der Waals surface area contributed by atoms with E-state index in [0.29, 0.717) is 26.9 Å². The Kier molecular flexibility index (Phi) is 13.0. The maximum atomic E-state index is 14.1. The molecule has 4 heterocycles. The van der Waals surface area contributed by atoms with Crippen LogP contribution in [0.4, 0.5) is 9.52 Å². The molecule has 2 N–H and O–H groups in total. The summed E-state index contributed by atoms with van der Waals surface area (Å²) < 4.78 is 29.3. The van der Waals surface area contributed by atoms with E-state index in [4.69, 9.17) is 19.1 Å². The first-order valence-corrected chi connectivity index (χ1v) is 22.0. The number of amides is 2. The van der Waals surface area contributed by atoms with Crippen LogP contribution >= 0.6 is 23.3 Å². The highest BCUT2D eigenvalue weighted by molar-refractivity contribution is 8.00. The van der Waals surface area contributed by atoms with Gasteiger partial charge < -0.3 is 24.9 Å². The number of allylic oxidation sites excluding steroid dienone is 1.